The molecule has 5 aromatic rings. The Morgan fingerprint density at radius 3 is 2.50 bits per heavy atom. The fourth-order valence-electron chi connectivity index (χ4n) is 8.41. The maximum Gasteiger partial charge on any atom is 0.293 e. The van der Waals surface area contributed by atoms with E-state index in [1.165, 1.54) is 28.8 Å². The number of nitrogens with one attached hydrogen (secondary N) is 3. The monoisotopic (exact) mass is 885 g/mol. The molecule has 14 nitrogen and oxygen atoms in total. The van der Waals surface area contributed by atoms with Gasteiger partial charge >= 0.3 is 0 Å². The molecule has 17 heteroatoms. The zero-order chi connectivity index (χ0) is 43.6. The lowest BCUT2D eigenvalue weighted by atomic mass is 9.72. The van der Waals surface area contributed by atoms with Crippen LogP contribution in [0, 0.1) is 15.5 Å². The second-order valence-corrected chi connectivity index (χ2v) is 19.2. The summed E-state index contributed by atoms with van der Waals surface area (Å²) in [7, 11) is -4.64. The van der Waals surface area contributed by atoms with Crippen molar-refractivity contribution in [1.82, 2.24) is 19.8 Å². The molecule has 3 heterocycles. The van der Waals surface area contributed by atoms with E-state index < -0.39 is 37.1 Å². The predicted molar refractivity (Wildman–Crippen MR) is 237 cm³/mol. The van der Waals surface area contributed by atoms with Crippen LogP contribution in [0.15, 0.2) is 95.5 Å². The van der Waals surface area contributed by atoms with E-state index in [4.69, 9.17) is 21.1 Å². The number of carbonyl (C=O) groups excluding carboxylic acids is 1. The largest absolute Gasteiger partial charge is 0.456 e. The maximum atomic E-state index is 15.2. The summed E-state index contributed by atoms with van der Waals surface area (Å²) in [5.41, 5.74) is 3.43. The Labute approximate surface area is 364 Å². The van der Waals surface area contributed by atoms with Gasteiger partial charge in [-0.15, -0.1) is 0 Å². The van der Waals surface area contributed by atoms with Crippen LogP contribution in [-0.2, 0) is 14.8 Å². The molecule has 326 valence electrons. The van der Waals surface area contributed by atoms with Crippen molar-refractivity contribution in [2.45, 2.75) is 56.5 Å². The predicted octanol–water partition coefficient (Wildman–Crippen LogP) is 8.75. The molecule has 2 fully saturated rings. The number of carbonyl (C=O) groups is 1. The molecular weight excluding hydrogens is 837 g/mol. The van der Waals surface area contributed by atoms with Crippen molar-refractivity contribution < 1.29 is 32.0 Å². The highest BCUT2D eigenvalue weighted by Crippen LogP contribution is 2.44. The van der Waals surface area contributed by atoms with E-state index in [1.54, 1.807) is 30.5 Å². The Morgan fingerprint density at radius 1 is 1.00 bits per heavy atom. The van der Waals surface area contributed by atoms with E-state index in [0.29, 0.717) is 29.7 Å². The summed E-state index contributed by atoms with van der Waals surface area (Å²) < 4.78 is 56.3. The van der Waals surface area contributed by atoms with E-state index in [9.17, 15) is 23.3 Å². The lowest BCUT2D eigenvalue weighted by Crippen LogP contribution is -2.47. The topological polar surface area (TPSA) is 172 Å². The molecule has 1 aliphatic carbocycles. The molecule has 0 saturated carbocycles. The molecule has 3 aliphatic rings. The number of anilines is 2. The molecule has 2 aliphatic heterocycles. The first-order chi connectivity index (χ1) is 29.7. The van der Waals surface area contributed by atoms with Crippen LogP contribution < -0.4 is 19.7 Å². The number of fused-ring (bicyclic) bond motifs is 1. The summed E-state index contributed by atoms with van der Waals surface area (Å²) in [5.74, 6) is -0.502. The molecule has 62 heavy (non-hydrogen) atoms. The molecule has 0 unspecified atom stereocenters. The van der Waals surface area contributed by atoms with Crippen LogP contribution in [0.4, 0.5) is 21.5 Å². The molecular formula is C45H49ClFN7O7S. The minimum atomic E-state index is -4.64. The Balaban J connectivity index is 1.01. The van der Waals surface area contributed by atoms with Gasteiger partial charge in [-0.1, -0.05) is 49.2 Å². The fourth-order valence-corrected chi connectivity index (χ4v) is 9.52. The Morgan fingerprint density at radius 2 is 1.76 bits per heavy atom. The first-order valence-corrected chi connectivity index (χ1v) is 22.6. The van der Waals surface area contributed by atoms with E-state index in [1.807, 2.05) is 18.2 Å². The summed E-state index contributed by atoms with van der Waals surface area (Å²) in [4.78, 5) is 29.4. The van der Waals surface area contributed by atoms with Crippen molar-refractivity contribution >= 4 is 61.1 Å². The number of benzene rings is 4. The number of halogens is 2. The van der Waals surface area contributed by atoms with Gasteiger partial charge in [0.05, 0.1) is 32.5 Å². The second-order valence-electron chi connectivity index (χ2n) is 17.1. The highest BCUT2D eigenvalue weighted by molar-refractivity contribution is 7.90. The van der Waals surface area contributed by atoms with Gasteiger partial charge < -0.3 is 19.7 Å². The number of amides is 1. The number of aromatic amines is 1. The molecule has 0 radical (unpaired) electrons. The number of nitro groups is 1. The summed E-state index contributed by atoms with van der Waals surface area (Å²) in [6, 6.07) is 21.6. The van der Waals surface area contributed by atoms with Crippen molar-refractivity contribution in [3.05, 3.63) is 117 Å². The average molecular weight is 886 g/mol. The zero-order valence-corrected chi connectivity index (χ0v) is 36.2. The van der Waals surface area contributed by atoms with Crippen LogP contribution in [0.25, 0.3) is 16.5 Å². The quantitative estimate of drug-likeness (QED) is 0.0763. The highest BCUT2D eigenvalue weighted by Gasteiger charge is 2.34. The summed E-state index contributed by atoms with van der Waals surface area (Å²) in [5, 5.41) is 23.2. The van der Waals surface area contributed by atoms with E-state index in [2.05, 4.69) is 56.0 Å². The van der Waals surface area contributed by atoms with Crippen molar-refractivity contribution in [3.63, 3.8) is 0 Å². The van der Waals surface area contributed by atoms with Crippen molar-refractivity contribution in [1.29, 1.82) is 0 Å². The standard InChI is InChI=1S/C45H49ClFN7O7S/c1-44(2)15-14-31(36(26-44)30-6-8-32(46)9-7-30)28-52-18-20-53(21-19-52)33-10-12-35(42(24-33)61-41-5-3-4-38-37(41)27-49-50-38)43(55)51-62(58,59)34-11-13-39(40(25-34)54(56)57)48-29-45(47)16-22-60-23-17-45/h3-13,24-25,27,48H,14-23,26,28-29H2,1-2H3,(H,49,50)(H,51,55). The van der Waals surface area contributed by atoms with E-state index >= 15 is 4.39 Å². The van der Waals surface area contributed by atoms with Gasteiger partial charge in [0.2, 0.25) is 0 Å². The number of hydrogen-bond acceptors (Lipinski definition) is 11. The molecule has 0 spiro atoms. The summed E-state index contributed by atoms with van der Waals surface area (Å²) >= 11 is 6.24. The second kappa shape index (κ2) is 17.7. The number of hydrogen-bond donors (Lipinski definition) is 3. The number of alkyl halides is 1. The molecule has 4 aromatic carbocycles. The third-order valence-electron chi connectivity index (χ3n) is 12.1. The Hall–Kier alpha value is -5.55. The Bertz CT molecular complexity index is 2620. The van der Waals surface area contributed by atoms with Crippen LogP contribution in [-0.4, -0.2) is 92.5 Å². The molecule has 1 aromatic heterocycles. The smallest absolute Gasteiger partial charge is 0.293 e. The fraction of sp³-hybridized carbons (Fsp3) is 0.378. The Kier molecular flexibility index (Phi) is 12.3. The first kappa shape index (κ1) is 43.1. The molecule has 3 N–H and O–H groups in total. The number of nitro benzene ring substituents is 1. The van der Waals surface area contributed by atoms with Gasteiger partial charge in [0, 0.05) is 88.2 Å². The number of allylic oxidation sites excluding steroid dienone is 1. The minimum Gasteiger partial charge on any atom is -0.456 e. The number of piperazine rings is 1. The van der Waals surface area contributed by atoms with Crippen molar-refractivity contribution in [2.24, 2.45) is 5.41 Å². The zero-order valence-electron chi connectivity index (χ0n) is 34.6. The number of sulfonamides is 1. The SMILES string of the molecule is CC1(C)CCC(CN2CCN(c3ccc(C(=O)NS(=O)(=O)c4ccc(NCC5(F)CCOCC5)c([N+](=O)[O-])c4)c(Oc4cccc5[nH]ncc45)c3)CC2)=C(c2ccc(Cl)cc2)C1. The summed E-state index contributed by atoms with van der Waals surface area (Å²) in [6.45, 7) is 8.77. The number of nitrogens with zero attached hydrogens (tertiary/aromatic N) is 4. The van der Waals surface area contributed by atoms with Gasteiger partial charge in [0.25, 0.3) is 21.6 Å². The van der Waals surface area contributed by atoms with Crippen molar-refractivity contribution in [2.75, 3.05) is 62.7 Å². The molecule has 8 rings (SSSR count). The lowest BCUT2D eigenvalue weighted by molar-refractivity contribution is -0.384. The molecule has 1 amide bonds. The van der Waals surface area contributed by atoms with Gasteiger partial charge in [-0.25, -0.2) is 17.5 Å². The van der Waals surface area contributed by atoms with E-state index in [-0.39, 0.29) is 55.0 Å². The van der Waals surface area contributed by atoms with Gasteiger partial charge in [-0.3, -0.25) is 24.9 Å². The van der Waals surface area contributed by atoms with Crippen LogP contribution in [0.2, 0.25) is 5.02 Å². The van der Waals surface area contributed by atoms with E-state index in [0.717, 1.165) is 61.7 Å². The molecule has 0 bridgehead atoms. The van der Waals surface area contributed by atoms with Crippen LogP contribution in [0.3, 0.4) is 0 Å². The molecule has 2 saturated heterocycles. The maximum absolute atomic E-state index is 15.2. The average Bonchev–Trinajstić information content (AvgIpc) is 3.74. The minimum absolute atomic E-state index is 0.0536. The normalized spacial score (nSPS) is 18.1. The van der Waals surface area contributed by atoms with Gasteiger partial charge in [0.15, 0.2) is 0 Å². The third kappa shape index (κ3) is 9.73. The van der Waals surface area contributed by atoms with Crippen molar-refractivity contribution in [3.8, 4) is 11.5 Å². The number of aromatic nitrogens is 2. The first-order valence-electron chi connectivity index (χ1n) is 20.7. The van der Waals surface area contributed by atoms with Crippen LogP contribution in [0.5, 0.6) is 11.5 Å². The number of rotatable bonds is 13. The molecule has 0 atom stereocenters. The van der Waals surface area contributed by atoms with Crippen LogP contribution >= 0.6 is 11.6 Å². The van der Waals surface area contributed by atoms with Gasteiger partial charge in [-0.2, -0.15) is 5.10 Å². The van der Waals surface area contributed by atoms with Gasteiger partial charge in [-0.05, 0) is 84.3 Å². The lowest BCUT2D eigenvalue weighted by Gasteiger charge is -2.39. The third-order valence-corrected chi connectivity index (χ3v) is 13.7. The number of H-pyrrole nitrogens is 1. The highest BCUT2D eigenvalue weighted by atomic mass is 35.5. The summed E-state index contributed by atoms with van der Waals surface area (Å²) in [6.07, 6.45) is 5.00. The number of ether oxygens (including phenoxy) is 2. The van der Waals surface area contributed by atoms with Crippen LogP contribution in [0.1, 0.15) is 61.9 Å². The van der Waals surface area contributed by atoms with Gasteiger partial charge in [0.1, 0.15) is 22.9 Å².